The first kappa shape index (κ1) is 22.1. The van der Waals surface area contributed by atoms with Gasteiger partial charge in [-0.25, -0.2) is 0 Å². The molecule has 0 unspecified atom stereocenters. The van der Waals surface area contributed by atoms with Gasteiger partial charge in [0.15, 0.2) is 6.29 Å². The molecule has 0 aromatic heterocycles. The second-order valence-corrected chi connectivity index (χ2v) is 7.14. The molecule has 0 aliphatic heterocycles. The number of nitro groups is 1. The molecule has 0 radical (unpaired) electrons. The first-order chi connectivity index (χ1) is 13.5. The van der Waals surface area contributed by atoms with Crippen molar-refractivity contribution in [1.29, 1.82) is 0 Å². The topological polar surface area (TPSA) is 110 Å². The molecule has 1 saturated carbocycles. The molecule has 154 valence electrons. The van der Waals surface area contributed by atoms with E-state index in [4.69, 9.17) is 16.3 Å². The number of aliphatic hydroxyl groups is 1. The molecule has 0 saturated heterocycles. The highest BCUT2D eigenvalue weighted by Crippen LogP contribution is 2.34. The molecule has 1 aliphatic rings. The summed E-state index contributed by atoms with van der Waals surface area (Å²) in [6.45, 7) is 0.377. The number of carbonyl (C=O) groups excluding carboxylic acids is 2. The van der Waals surface area contributed by atoms with E-state index in [-0.39, 0.29) is 47.9 Å². The Bertz CT molecular complexity index is 706. The maximum absolute atomic E-state index is 12.6. The first-order valence-electron chi connectivity index (χ1n) is 9.44. The molecule has 2 rings (SSSR count). The van der Waals surface area contributed by atoms with Crippen LogP contribution < -0.4 is 4.74 Å². The van der Waals surface area contributed by atoms with E-state index in [0.29, 0.717) is 19.3 Å². The van der Waals surface area contributed by atoms with Crippen molar-refractivity contribution in [2.45, 2.75) is 51.0 Å². The molecule has 1 fully saturated rings. The lowest BCUT2D eigenvalue weighted by Crippen LogP contribution is -2.43. The number of aliphatic hydroxyl groups excluding tert-OH is 1. The Balaban J connectivity index is 1.92. The minimum absolute atomic E-state index is 0.0396. The molecule has 9 heteroatoms. The molecular formula is C19H25ClN2O6. The largest absolute Gasteiger partial charge is 0.493 e. The van der Waals surface area contributed by atoms with Crippen LogP contribution >= 0.6 is 11.6 Å². The van der Waals surface area contributed by atoms with Crippen molar-refractivity contribution in [3.05, 3.63) is 32.8 Å². The smallest absolute Gasteiger partial charge is 0.302 e. The number of rotatable bonds is 10. The lowest BCUT2D eigenvalue weighted by atomic mass is 9.94. The van der Waals surface area contributed by atoms with Crippen molar-refractivity contribution in [2.24, 2.45) is 0 Å². The number of ether oxygens (including phenoxy) is 1. The van der Waals surface area contributed by atoms with Gasteiger partial charge in [0.1, 0.15) is 16.3 Å². The quantitative estimate of drug-likeness (QED) is 0.273. The molecule has 28 heavy (non-hydrogen) atoms. The average molecular weight is 413 g/mol. The number of amides is 1. The lowest BCUT2D eigenvalue weighted by molar-refractivity contribution is -0.385. The van der Waals surface area contributed by atoms with E-state index in [9.17, 15) is 24.8 Å². The second-order valence-electron chi connectivity index (χ2n) is 6.74. The van der Waals surface area contributed by atoms with E-state index < -0.39 is 10.6 Å². The van der Waals surface area contributed by atoms with Crippen LogP contribution in [0.25, 0.3) is 0 Å². The minimum atomic E-state index is -0.723. The van der Waals surface area contributed by atoms with Gasteiger partial charge in [-0.2, -0.15) is 0 Å². The Labute approximate surface area is 168 Å². The summed E-state index contributed by atoms with van der Waals surface area (Å²) in [4.78, 5) is 35.9. The third-order valence-electron chi connectivity index (χ3n) is 4.90. The molecule has 1 amide bonds. The van der Waals surface area contributed by atoms with Gasteiger partial charge < -0.3 is 14.7 Å². The van der Waals surface area contributed by atoms with Crippen molar-refractivity contribution in [2.75, 3.05) is 19.8 Å². The number of hydrogen-bond acceptors (Lipinski definition) is 6. The van der Waals surface area contributed by atoms with Crippen LogP contribution in [0.15, 0.2) is 12.1 Å². The van der Waals surface area contributed by atoms with Crippen LogP contribution in [0.3, 0.4) is 0 Å². The van der Waals surface area contributed by atoms with Crippen molar-refractivity contribution in [3.63, 3.8) is 0 Å². The lowest BCUT2D eigenvalue weighted by Gasteiger charge is -2.34. The van der Waals surface area contributed by atoms with Gasteiger partial charge in [0, 0.05) is 19.0 Å². The molecular weight excluding hydrogens is 388 g/mol. The van der Waals surface area contributed by atoms with Gasteiger partial charge in [0.05, 0.1) is 18.1 Å². The number of benzene rings is 1. The van der Waals surface area contributed by atoms with E-state index in [1.54, 1.807) is 4.90 Å². The van der Waals surface area contributed by atoms with Gasteiger partial charge in [0.2, 0.25) is 5.91 Å². The van der Waals surface area contributed by atoms with E-state index in [0.717, 1.165) is 25.7 Å². The van der Waals surface area contributed by atoms with E-state index in [2.05, 4.69) is 0 Å². The second kappa shape index (κ2) is 11.0. The Hall–Kier alpha value is -2.19. The number of nitro benzene ring substituents is 1. The number of halogens is 1. The highest BCUT2D eigenvalue weighted by molar-refractivity contribution is 6.33. The van der Waals surface area contributed by atoms with Gasteiger partial charge in [-0.3, -0.25) is 19.7 Å². The molecule has 0 bridgehead atoms. The van der Waals surface area contributed by atoms with E-state index in [1.165, 1.54) is 18.6 Å². The fraction of sp³-hybridized carbons (Fsp3) is 0.579. The molecule has 0 spiro atoms. The Kier molecular flexibility index (Phi) is 8.66. The zero-order valence-electron chi connectivity index (χ0n) is 15.6. The predicted molar refractivity (Wildman–Crippen MR) is 104 cm³/mol. The number of aldehydes is 1. The average Bonchev–Trinajstić information content (AvgIpc) is 2.70. The van der Waals surface area contributed by atoms with Crippen molar-refractivity contribution >= 4 is 29.5 Å². The summed E-state index contributed by atoms with van der Waals surface area (Å²) < 4.78 is 5.50. The highest BCUT2D eigenvalue weighted by atomic mass is 35.5. The van der Waals surface area contributed by atoms with Crippen LogP contribution in [0, 0.1) is 10.1 Å². The van der Waals surface area contributed by atoms with Gasteiger partial charge in [0.25, 0.3) is 0 Å². The van der Waals surface area contributed by atoms with Gasteiger partial charge in [-0.05, 0) is 31.4 Å². The summed E-state index contributed by atoms with van der Waals surface area (Å²) in [5.74, 6) is 0.0280. The molecule has 1 aliphatic carbocycles. The monoisotopic (exact) mass is 412 g/mol. The predicted octanol–water partition coefficient (Wildman–Crippen LogP) is 3.37. The summed E-state index contributed by atoms with van der Waals surface area (Å²) in [6, 6.07) is 2.88. The number of hydrogen-bond donors (Lipinski definition) is 1. The third-order valence-corrected chi connectivity index (χ3v) is 5.20. The zero-order valence-corrected chi connectivity index (χ0v) is 16.4. The SMILES string of the molecule is O=Cc1c(OCCCC(=O)N(CCO)C2CCCCC2)ccc(Cl)c1[N+](=O)[O-]. The molecule has 1 N–H and O–H groups in total. The summed E-state index contributed by atoms with van der Waals surface area (Å²) in [5, 5.41) is 20.2. The zero-order chi connectivity index (χ0) is 20.5. The fourth-order valence-electron chi connectivity index (χ4n) is 3.55. The molecule has 0 atom stereocenters. The molecule has 1 aromatic carbocycles. The molecule has 0 heterocycles. The Morgan fingerprint density at radius 3 is 2.68 bits per heavy atom. The summed E-state index contributed by atoms with van der Waals surface area (Å²) in [7, 11) is 0. The maximum Gasteiger partial charge on any atom is 0.302 e. The highest BCUT2D eigenvalue weighted by Gasteiger charge is 2.25. The van der Waals surface area contributed by atoms with Crippen LogP contribution in [0.4, 0.5) is 5.69 Å². The van der Waals surface area contributed by atoms with Crippen molar-refractivity contribution in [3.8, 4) is 5.75 Å². The Morgan fingerprint density at radius 2 is 2.07 bits per heavy atom. The number of nitrogens with zero attached hydrogens (tertiary/aromatic N) is 2. The summed E-state index contributed by atoms with van der Waals surface area (Å²) >= 11 is 5.79. The van der Waals surface area contributed by atoms with Crippen LogP contribution in [0.5, 0.6) is 5.75 Å². The van der Waals surface area contributed by atoms with Crippen LogP contribution in [0.2, 0.25) is 5.02 Å². The van der Waals surface area contributed by atoms with Crippen LogP contribution in [-0.2, 0) is 4.79 Å². The number of carbonyl (C=O) groups is 2. The van der Waals surface area contributed by atoms with Crippen LogP contribution in [-0.4, -0.2) is 52.9 Å². The van der Waals surface area contributed by atoms with Crippen LogP contribution in [0.1, 0.15) is 55.3 Å². The fourth-order valence-corrected chi connectivity index (χ4v) is 3.78. The standard InChI is InChI=1S/C19H25ClN2O6/c20-16-8-9-17(15(13-24)19(16)22(26)27)28-12-4-7-18(25)21(10-11-23)14-5-2-1-3-6-14/h8-9,13-14,23H,1-7,10-12H2. The molecule has 1 aromatic rings. The van der Waals surface area contributed by atoms with E-state index in [1.807, 2.05) is 0 Å². The van der Waals surface area contributed by atoms with Crippen molar-refractivity contribution in [1.82, 2.24) is 4.90 Å². The summed E-state index contributed by atoms with van der Waals surface area (Å²) in [5.41, 5.74) is -0.704. The summed E-state index contributed by atoms with van der Waals surface area (Å²) in [6.07, 6.45) is 6.25. The maximum atomic E-state index is 12.6. The Morgan fingerprint density at radius 1 is 1.36 bits per heavy atom. The van der Waals surface area contributed by atoms with Gasteiger partial charge >= 0.3 is 5.69 Å². The van der Waals surface area contributed by atoms with E-state index >= 15 is 0 Å². The molecule has 8 nitrogen and oxygen atoms in total. The minimum Gasteiger partial charge on any atom is -0.493 e. The van der Waals surface area contributed by atoms with Crippen molar-refractivity contribution < 1.29 is 24.4 Å². The van der Waals surface area contributed by atoms with Gasteiger partial charge in [-0.1, -0.05) is 30.9 Å². The normalized spacial score (nSPS) is 14.5. The van der Waals surface area contributed by atoms with Gasteiger partial charge in [-0.15, -0.1) is 0 Å². The first-order valence-corrected chi connectivity index (χ1v) is 9.82. The third kappa shape index (κ3) is 5.65.